The summed E-state index contributed by atoms with van der Waals surface area (Å²) in [7, 11) is 5.09. The van der Waals surface area contributed by atoms with Gasteiger partial charge in [0, 0.05) is 25.7 Å². The predicted molar refractivity (Wildman–Crippen MR) is 97.3 cm³/mol. The molecular formula is C15H29N3O3S2. The Morgan fingerprint density at radius 2 is 2.04 bits per heavy atom. The minimum absolute atomic E-state index is 0.173. The first-order valence-electron chi connectivity index (χ1n) is 7.53. The Hall–Kier alpha value is -0.440. The van der Waals surface area contributed by atoms with Gasteiger partial charge < -0.3 is 15.8 Å². The molecule has 2 atom stereocenters. The third-order valence-electron chi connectivity index (χ3n) is 4.71. The first kappa shape index (κ1) is 20.6. The fraction of sp³-hybridized carbons (Fsp3) is 0.867. The van der Waals surface area contributed by atoms with Gasteiger partial charge in [0.15, 0.2) is 0 Å². The average Bonchev–Trinajstić information content (AvgIpc) is 2.72. The van der Waals surface area contributed by atoms with Crippen molar-refractivity contribution in [2.45, 2.75) is 43.0 Å². The van der Waals surface area contributed by atoms with E-state index in [9.17, 15) is 9.59 Å². The van der Waals surface area contributed by atoms with Crippen molar-refractivity contribution >= 4 is 35.3 Å². The zero-order valence-corrected chi connectivity index (χ0v) is 16.7. The summed E-state index contributed by atoms with van der Waals surface area (Å²) in [5.74, 6) is -0.234. The van der Waals surface area contributed by atoms with Gasteiger partial charge >= 0.3 is 0 Å². The fourth-order valence-corrected chi connectivity index (χ4v) is 5.23. The standard InChI is InChI=1S/C15H29N3O3S2/c1-13(2)18(6)15(9-23-13,12(16)20)10(11(19)17-5)8-22-14(3,4)21-7/h10H,8-9H2,1-7H3,(H2,16,20)(H,17,19)/t10-,15?/m0/s1. The van der Waals surface area contributed by atoms with Crippen LogP contribution < -0.4 is 11.1 Å². The molecule has 0 radical (unpaired) electrons. The monoisotopic (exact) mass is 363 g/mol. The number of hydrogen-bond donors (Lipinski definition) is 2. The molecule has 2 amide bonds. The van der Waals surface area contributed by atoms with E-state index in [-0.39, 0.29) is 10.8 Å². The van der Waals surface area contributed by atoms with E-state index in [1.165, 1.54) is 11.8 Å². The Balaban J connectivity index is 3.21. The highest BCUT2D eigenvalue weighted by molar-refractivity contribution is 8.01. The number of nitrogens with one attached hydrogen (secondary N) is 1. The maximum absolute atomic E-state index is 12.6. The summed E-state index contributed by atoms with van der Waals surface area (Å²) < 4.78 is 5.42. The summed E-state index contributed by atoms with van der Waals surface area (Å²) in [6, 6.07) is 0. The van der Waals surface area contributed by atoms with Crippen molar-refractivity contribution in [2.75, 3.05) is 32.7 Å². The molecule has 0 spiro atoms. The van der Waals surface area contributed by atoms with Crippen LogP contribution in [0.3, 0.4) is 0 Å². The van der Waals surface area contributed by atoms with Crippen LogP contribution in [-0.2, 0) is 14.3 Å². The van der Waals surface area contributed by atoms with E-state index in [1.807, 2.05) is 39.6 Å². The molecule has 1 aliphatic heterocycles. The molecule has 1 heterocycles. The van der Waals surface area contributed by atoms with Crippen molar-refractivity contribution in [2.24, 2.45) is 11.7 Å². The van der Waals surface area contributed by atoms with Crippen LogP contribution in [0.15, 0.2) is 0 Å². The highest BCUT2D eigenvalue weighted by atomic mass is 32.2. The Kier molecular flexibility index (Phi) is 6.46. The molecule has 0 aromatic heterocycles. The van der Waals surface area contributed by atoms with Crippen molar-refractivity contribution in [1.29, 1.82) is 0 Å². The van der Waals surface area contributed by atoms with E-state index in [0.717, 1.165) is 0 Å². The van der Waals surface area contributed by atoms with Crippen LogP contribution in [-0.4, -0.2) is 64.8 Å². The molecule has 1 aliphatic rings. The van der Waals surface area contributed by atoms with E-state index >= 15 is 0 Å². The average molecular weight is 364 g/mol. The van der Waals surface area contributed by atoms with Gasteiger partial charge in [-0.15, -0.1) is 23.5 Å². The van der Waals surface area contributed by atoms with Crippen LogP contribution in [0, 0.1) is 5.92 Å². The summed E-state index contributed by atoms with van der Waals surface area (Å²) in [6.07, 6.45) is 0. The molecule has 1 saturated heterocycles. The molecule has 8 heteroatoms. The second-order valence-corrected chi connectivity index (χ2v) is 9.85. The van der Waals surface area contributed by atoms with Gasteiger partial charge in [0.25, 0.3) is 0 Å². The third-order valence-corrected chi connectivity index (χ3v) is 7.63. The van der Waals surface area contributed by atoms with Crippen molar-refractivity contribution < 1.29 is 14.3 Å². The smallest absolute Gasteiger partial charge is 0.239 e. The van der Waals surface area contributed by atoms with Crippen LogP contribution in [0.5, 0.6) is 0 Å². The quantitative estimate of drug-likeness (QED) is 0.659. The molecule has 1 rings (SSSR count). The van der Waals surface area contributed by atoms with E-state index in [4.69, 9.17) is 10.5 Å². The Morgan fingerprint density at radius 3 is 2.39 bits per heavy atom. The topological polar surface area (TPSA) is 84.7 Å². The van der Waals surface area contributed by atoms with Gasteiger partial charge in [0.1, 0.15) is 10.5 Å². The highest BCUT2D eigenvalue weighted by Gasteiger charge is 2.59. The fourth-order valence-electron chi connectivity index (χ4n) is 2.65. The number of hydrogen-bond acceptors (Lipinski definition) is 6. The van der Waals surface area contributed by atoms with Gasteiger partial charge in [-0.3, -0.25) is 14.5 Å². The maximum atomic E-state index is 12.6. The molecule has 3 N–H and O–H groups in total. The van der Waals surface area contributed by atoms with E-state index in [0.29, 0.717) is 11.5 Å². The van der Waals surface area contributed by atoms with Crippen LogP contribution in [0.25, 0.3) is 0 Å². The Morgan fingerprint density at radius 1 is 1.48 bits per heavy atom. The lowest BCUT2D eigenvalue weighted by Crippen LogP contribution is -2.65. The van der Waals surface area contributed by atoms with Crippen LogP contribution in [0.2, 0.25) is 0 Å². The van der Waals surface area contributed by atoms with Crippen LogP contribution in [0.4, 0.5) is 0 Å². The lowest BCUT2D eigenvalue weighted by molar-refractivity contribution is -0.140. The molecule has 1 unspecified atom stereocenters. The van der Waals surface area contributed by atoms with Crippen molar-refractivity contribution in [1.82, 2.24) is 10.2 Å². The van der Waals surface area contributed by atoms with E-state index in [2.05, 4.69) is 5.32 Å². The summed E-state index contributed by atoms with van der Waals surface area (Å²) in [5, 5.41) is 2.69. The Labute approximate surface area is 147 Å². The number of carbonyl (C=O) groups is 2. The highest BCUT2D eigenvalue weighted by Crippen LogP contribution is 2.48. The van der Waals surface area contributed by atoms with Gasteiger partial charge in [0.05, 0.1) is 10.8 Å². The van der Waals surface area contributed by atoms with E-state index in [1.54, 1.807) is 25.9 Å². The molecule has 0 bridgehead atoms. The number of ether oxygens (including phenoxy) is 1. The summed E-state index contributed by atoms with van der Waals surface area (Å²) in [5.41, 5.74) is 4.79. The van der Waals surface area contributed by atoms with Gasteiger partial charge in [-0.05, 0) is 34.7 Å². The molecule has 0 aromatic carbocycles. The number of methoxy groups -OCH3 is 1. The number of nitrogens with zero attached hydrogens (tertiary/aromatic N) is 1. The lowest BCUT2D eigenvalue weighted by atomic mass is 9.83. The first-order valence-corrected chi connectivity index (χ1v) is 9.50. The molecular weight excluding hydrogens is 334 g/mol. The number of rotatable bonds is 7. The van der Waals surface area contributed by atoms with Gasteiger partial charge in [-0.25, -0.2) is 0 Å². The van der Waals surface area contributed by atoms with Crippen molar-refractivity contribution in [3.63, 3.8) is 0 Å². The number of nitrogens with two attached hydrogens (primary N) is 1. The zero-order valence-electron chi connectivity index (χ0n) is 15.1. The molecule has 0 aliphatic carbocycles. The number of likely N-dealkylation sites (N-methyl/N-ethyl adjacent to an activating group) is 1. The minimum atomic E-state index is -1.01. The van der Waals surface area contributed by atoms with E-state index < -0.39 is 22.3 Å². The van der Waals surface area contributed by atoms with Gasteiger partial charge in [-0.1, -0.05) is 0 Å². The minimum Gasteiger partial charge on any atom is -0.368 e. The lowest BCUT2D eigenvalue weighted by Gasteiger charge is -2.43. The second kappa shape index (κ2) is 7.21. The molecule has 134 valence electrons. The summed E-state index contributed by atoms with van der Waals surface area (Å²) in [4.78, 5) is 26.2. The van der Waals surface area contributed by atoms with Crippen LogP contribution in [0.1, 0.15) is 27.7 Å². The van der Waals surface area contributed by atoms with Crippen molar-refractivity contribution in [3.05, 3.63) is 0 Å². The third kappa shape index (κ3) is 3.97. The Bertz CT molecular complexity index is 471. The number of primary amides is 1. The number of thioether (sulfide) groups is 2. The summed E-state index contributed by atoms with van der Waals surface area (Å²) in [6.45, 7) is 7.95. The second-order valence-electron chi connectivity index (χ2n) is 6.66. The number of carbonyl (C=O) groups excluding carboxylic acids is 2. The molecule has 0 saturated carbocycles. The summed E-state index contributed by atoms with van der Waals surface area (Å²) >= 11 is 3.15. The predicted octanol–water partition coefficient (Wildman–Crippen LogP) is 1.10. The van der Waals surface area contributed by atoms with Gasteiger partial charge in [0.2, 0.25) is 11.8 Å². The zero-order chi connectivity index (χ0) is 18.1. The SMILES string of the molecule is CNC(=O)[C@H](CSC(C)(C)OC)C1(C(N)=O)CSC(C)(C)N1C. The van der Waals surface area contributed by atoms with Crippen molar-refractivity contribution in [3.8, 4) is 0 Å². The number of amides is 2. The molecule has 23 heavy (non-hydrogen) atoms. The van der Waals surface area contributed by atoms with Crippen LogP contribution >= 0.6 is 23.5 Å². The largest absolute Gasteiger partial charge is 0.368 e. The maximum Gasteiger partial charge on any atom is 0.239 e. The first-order chi connectivity index (χ1) is 10.4. The van der Waals surface area contributed by atoms with Gasteiger partial charge in [-0.2, -0.15) is 0 Å². The molecule has 6 nitrogen and oxygen atoms in total. The molecule has 1 fully saturated rings. The molecule has 0 aromatic rings. The normalized spacial score (nSPS) is 26.0.